The van der Waals surface area contributed by atoms with Crippen molar-refractivity contribution in [2.75, 3.05) is 6.61 Å². The average Bonchev–Trinajstić information content (AvgIpc) is 2.70. The molecule has 0 aromatic heterocycles. The highest BCUT2D eigenvalue weighted by Crippen LogP contribution is 2.42. The second-order valence-corrected chi connectivity index (χ2v) is 11.3. The summed E-state index contributed by atoms with van der Waals surface area (Å²) < 4.78 is 10.7. The van der Waals surface area contributed by atoms with Gasteiger partial charge in [-0.15, -0.1) is 0 Å². The van der Waals surface area contributed by atoms with Crippen molar-refractivity contribution >= 4 is 11.9 Å². The van der Waals surface area contributed by atoms with Crippen LogP contribution < -0.4 is 0 Å². The molecule has 0 amide bonds. The van der Waals surface area contributed by atoms with E-state index in [4.69, 9.17) is 9.47 Å². The standard InChI is InChI=1S/C28H46O4/c1-10-22(23(26(4,5)6)19-27(7,8)11-2)16-15-21(3)25(30)31-20-24(29)32-28(9)17-13-12-14-18-28/h10,15-16,23H,3,11-14,17-20H2,1-2,4-9H3/b16-15-,22-10+. The summed E-state index contributed by atoms with van der Waals surface area (Å²) in [6, 6.07) is 0. The van der Waals surface area contributed by atoms with E-state index < -0.39 is 17.5 Å². The van der Waals surface area contributed by atoms with Gasteiger partial charge >= 0.3 is 11.9 Å². The first-order valence-electron chi connectivity index (χ1n) is 12.2. The number of hydrogen-bond acceptors (Lipinski definition) is 4. The normalized spacial score (nSPS) is 18.3. The second-order valence-electron chi connectivity index (χ2n) is 11.3. The molecule has 0 N–H and O–H groups in total. The van der Waals surface area contributed by atoms with Crippen LogP contribution in [0.4, 0.5) is 0 Å². The topological polar surface area (TPSA) is 52.6 Å². The minimum absolute atomic E-state index is 0.0828. The Labute approximate surface area is 196 Å². The zero-order chi connectivity index (χ0) is 24.6. The lowest BCUT2D eigenvalue weighted by atomic mass is 9.67. The van der Waals surface area contributed by atoms with Gasteiger partial charge in [0.05, 0.1) is 5.57 Å². The van der Waals surface area contributed by atoms with Crippen molar-refractivity contribution in [3.63, 3.8) is 0 Å². The van der Waals surface area contributed by atoms with E-state index in [1.807, 2.05) is 19.9 Å². The van der Waals surface area contributed by atoms with Gasteiger partial charge in [0, 0.05) is 0 Å². The van der Waals surface area contributed by atoms with Crippen LogP contribution in [0.3, 0.4) is 0 Å². The highest BCUT2D eigenvalue weighted by atomic mass is 16.6. The fourth-order valence-corrected chi connectivity index (χ4v) is 4.22. The van der Waals surface area contributed by atoms with Gasteiger partial charge in [-0.2, -0.15) is 0 Å². The van der Waals surface area contributed by atoms with E-state index in [0.29, 0.717) is 5.92 Å². The first-order chi connectivity index (χ1) is 14.7. The molecule has 0 heterocycles. The molecule has 182 valence electrons. The molecular formula is C28H46O4. The highest BCUT2D eigenvalue weighted by molar-refractivity contribution is 5.92. The third-order valence-electron chi connectivity index (χ3n) is 6.83. The van der Waals surface area contributed by atoms with Crippen LogP contribution in [0.15, 0.2) is 36.0 Å². The SMILES string of the molecule is C=C(/C=C\C(=C/C)C(CC(C)(C)CC)C(C)(C)C)C(=O)OCC(=O)OC1(C)CCCCC1. The number of allylic oxidation sites excluding steroid dienone is 3. The van der Waals surface area contributed by atoms with Crippen LogP contribution in [0.25, 0.3) is 0 Å². The third kappa shape index (κ3) is 9.34. The van der Waals surface area contributed by atoms with Crippen LogP contribution in [0.5, 0.6) is 0 Å². The molecular weight excluding hydrogens is 400 g/mol. The average molecular weight is 447 g/mol. The summed E-state index contributed by atoms with van der Waals surface area (Å²) in [4.78, 5) is 24.5. The molecule has 1 aliphatic rings. The Morgan fingerprint density at radius 1 is 1.06 bits per heavy atom. The van der Waals surface area contributed by atoms with Crippen LogP contribution in [0.2, 0.25) is 0 Å². The Hall–Kier alpha value is -1.84. The molecule has 1 saturated carbocycles. The molecule has 32 heavy (non-hydrogen) atoms. The molecule has 0 radical (unpaired) electrons. The fraction of sp³-hybridized carbons (Fsp3) is 0.714. The summed E-state index contributed by atoms with van der Waals surface area (Å²) in [6.45, 7) is 21.0. The summed E-state index contributed by atoms with van der Waals surface area (Å²) >= 11 is 0. The Balaban J connectivity index is 2.71. The molecule has 0 spiro atoms. The van der Waals surface area contributed by atoms with Crippen molar-refractivity contribution in [1.82, 2.24) is 0 Å². The molecule has 1 atom stereocenters. The molecule has 0 bridgehead atoms. The predicted octanol–water partition coefficient (Wildman–Crippen LogP) is 7.34. The van der Waals surface area contributed by atoms with E-state index in [9.17, 15) is 9.59 Å². The lowest BCUT2D eigenvalue weighted by Gasteiger charge is -2.38. The van der Waals surface area contributed by atoms with Gasteiger partial charge in [0.2, 0.25) is 0 Å². The first kappa shape index (κ1) is 28.2. The molecule has 4 nitrogen and oxygen atoms in total. The van der Waals surface area contributed by atoms with Crippen LogP contribution in [0.1, 0.15) is 100 Å². The minimum atomic E-state index is -0.594. The van der Waals surface area contributed by atoms with Gasteiger partial charge in [-0.3, -0.25) is 0 Å². The Morgan fingerprint density at radius 3 is 2.16 bits per heavy atom. The number of hydrogen-bond donors (Lipinski definition) is 0. The van der Waals surface area contributed by atoms with Crippen molar-refractivity contribution < 1.29 is 19.1 Å². The summed E-state index contributed by atoms with van der Waals surface area (Å²) in [5.41, 5.74) is 1.28. The predicted molar refractivity (Wildman–Crippen MR) is 132 cm³/mol. The van der Waals surface area contributed by atoms with E-state index in [0.717, 1.165) is 38.5 Å². The van der Waals surface area contributed by atoms with Gasteiger partial charge in [-0.05, 0) is 74.3 Å². The van der Waals surface area contributed by atoms with E-state index in [1.54, 1.807) is 6.08 Å². The van der Waals surface area contributed by atoms with E-state index in [-0.39, 0.29) is 23.0 Å². The molecule has 0 aromatic rings. The molecule has 4 heteroatoms. The number of rotatable bonds is 10. The quantitative estimate of drug-likeness (QED) is 0.200. The lowest BCUT2D eigenvalue weighted by Crippen LogP contribution is -2.35. The van der Waals surface area contributed by atoms with E-state index in [1.165, 1.54) is 12.0 Å². The summed E-state index contributed by atoms with van der Waals surface area (Å²) in [7, 11) is 0. The van der Waals surface area contributed by atoms with Crippen molar-refractivity contribution in [1.29, 1.82) is 0 Å². The maximum atomic E-state index is 12.4. The third-order valence-corrected chi connectivity index (χ3v) is 6.83. The smallest absolute Gasteiger partial charge is 0.344 e. The number of ether oxygens (including phenoxy) is 2. The van der Waals surface area contributed by atoms with Crippen molar-refractivity contribution in [2.24, 2.45) is 16.7 Å². The van der Waals surface area contributed by atoms with Crippen LogP contribution in [-0.4, -0.2) is 24.1 Å². The first-order valence-corrected chi connectivity index (χ1v) is 12.2. The molecule has 1 unspecified atom stereocenters. The lowest BCUT2D eigenvalue weighted by molar-refractivity contribution is -0.170. The van der Waals surface area contributed by atoms with Gasteiger partial charge in [-0.1, -0.05) is 73.1 Å². The van der Waals surface area contributed by atoms with Crippen LogP contribution in [-0.2, 0) is 19.1 Å². The molecule has 0 aromatic carbocycles. The Kier molecular flexibility index (Phi) is 10.4. The van der Waals surface area contributed by atoms with Gasteiger partial charge in [0.1, 0.15) is 5.60 Å². The molecule has 0 saturated heterocycles. The van der Waals surface area contributed by atoms with Crippen LogP contribution in [0, 0.1) is 16.7 Å². The summed E-state index contributed by atoms with van der Waals surface area (Å²) in [5.74, 6) is -0.749. The van der Waals surface area contributed by atoms with Gasteiger partial charge in [0.15, 0.2) is 6.61 Å². The van der Waals surface area contributed by atoms with Gasteiger partial charge in [-0.25, -0.2) is 9.59 Å². The summed E-state index contributed by atoms with van der Waals surface area (Å²) in [6.07, 6.45) is 12.9. The van der Waals surface area contributed by atoms with Crippen molar-refractivity contribution in [2.45, 2.75) is 106 Å². The molecule has 0 aliphatic heterocycles. The van der Waals surface area contributed by atoms with E-state index >= 15 is 0 Å². The molecule has 1 aliphatic carbocycles. The monoisotopic (exact) mass is 446 g/mol. The van der Waals surface area contributed by atoms with Crippen molar-refractivity contribution in [3.8, 4) is 0 Å². The number of carbonyl (C=O) groups excluding carboxylic acids is 2. The van der Waals surface area contributed by atoms with Gasteiger partial charge in [0.25, 0.3) is 0 Å². The Morgan fingerprint density at radius 2 is 1.66 bits per heavy atom. The maximum absolute atomic E-state index is 12.4. The largest absolute Gasteiger partial charge is 0.457 e. The number of carbonyl (C=O) groups is 2. The summed E-state index contributed by atoms with van der Waals surface area (Å²) in [5, 5.41) is 0. The number of esters is 2. The Bertz CT molecular complexity index is 712. The fourth-order valence-electron chi connectivity index (χ4n) is 4.22. The zero-order valence-corrected chi connectivity index (χ0v) is 21.8. The molecule has 1 rings (SSSR count). The minimum Gasteiger partial charge on any atom is -0.457 e. The second kappa shape index (κ2) is 11.9. The maximum Gasteiger partial charge on any atom is 0.344 e. The highest BCUT2D eigenvalue weighted by Gasteiger charge is 2.32. The van der Waals surface area contributed by atoms with Gasteiger partial charge < -0.3 is 9.47 Å². The van der Waals surface area contributed by atoms with Crippen LogP contribution >= 0.6 is 0 Å². The molecule has 1 fully saturated rings. The van der Waals surface area contributed by atoms with E-state index in [2.05, 4.69) is 54.2 Å². The van der Waals surface area contributed by atoms with Crippen molar-refractivity contribution in [3.05, 3.63) is 36.0 Å². The zero-order valence-electron chi connectivity index (χ0n) is 21.8.